The first-order chi connectivity index (χ1) is 12.0. The lowest BCUT2D eigenvalue weighted by Gasteiger charge is -2.11. The molecule has 1 aromatic heterocycles. The number of anilines is 2. The Morgan fingerprint density at radius 1 is 1.00 bits per heavy atom. The highest BCUT2D eigenvalue weighted by Gasteiger charge is 2.08. The first kappa shape index (κ1) is 18.3. The number of nitrogens with zero attached hydrogens (tertiary/aromatic N) is 2. The fraction of sp³-hybridized carbons (Fsp3) is 0.111. The van der Waals surface area contributed by atoms with E-state index in [0.29, 0.717) is 15.2 Å². The first-order valence-corrected chi connectivity index (χ1v) is 9.56. The molecule has 0 fully saturated rings. The molecule has 3 nitrogen and oxygen atoms in total. The molecule has 0 atom stereocenters. The summed E-state index contributed by atoms with van der Waals surface area (Å²) < 4.78 is 0. The van der Waals surface area contributed by atoms with Crippen LogP contribution < -0.4 is 5.32 Å². The highest BCUT2D eigenvalue weighted by atomic mass is 35.5. The first-order valence-electron chi connectivity index (χ1n) is 7.44. The molecule has 0 spiro atoms. The molecule has 0 amide bonds. The predicted octanol–water partition coefficient (Wildman–Crippen LogP) is 6.78. The van der Waals surface area contributed by atoms with Gasteiger partial charge in [-0.05, 0) is 42.8 Å². The van der Waals surface area contributed by atoms with Crippen LogP contribution in [0, 0.1) is 6.92 Å². The summed E-state index contributed by atoms with van der Waals surface area (Å²) in [5.74, 6) is 1.49. The molecule has 2 aromatic carbocycles. The third-order valence-electron chi connectivity index (χ3n) is 3.42. The smallest absolute Gasteiger partial charge is 0.189 e. The van der Waals surface area contributed by atoms with Gasteiger partial charge >= 0.3 is 0 Å². The van der Waals surface area contributed by atoms with Crippen LogP contribution in [0.3, 0.4) is 0 Å². The van der Waals surface area contributed by atoms with E-state index in [4.69, 9.17) is 34.8 Å². The molecule has 0 saturated heterocycles. The van der Waals surface area contributed by atoms with Crippen LogP contribution in [0.5, 0.6) is 0 Å². The van der Waals surface area contributed by atoms with Gasteiger partial charge in [-0.25, -0.2) is 9.97 Å². The third-order valence-corrected chi connectivity index (χ3v) is 5.15. The molecule has 0 aliphatic heterocycles. The summed E-state index contributed by atoms with van der Waals surface area (Å²) in [6.07, 6.45) is 1.79. The normalized spacial score (nSPS) is 10.7. The van der Waals surface area contributed by atoms with Crippen LogP contribution in [-0.2, 0) is 5.75 Å². The van der Waals surface area contributed by atoms with E-state index in [0.717, 1.165) is 33.4 Å². The second-order valence-corrected chi connectivity index (χ2v) is 7.57. The minimum Gasteiger partial charge on any atom is -0.339 e. The molecule has 7 heteroatoms. The number of benzene rings is 2. The topological polar surface area (TPSA) is 37.8 Å². The summed E-state index contributed by atoms with van der Waals surface area (Å²) in [5, 5.41) is 5.79. The van der Waals surface area contributed by atoms with Gasteiger partial charge in [0.15, 0.2) is 5.16 Å². The van der Waals surface area contributed by atoms with Crippen molar-refractivity contribution < 1.29 is 0 Å². The lowest BCUT2D eigenvalue weighted by Crippen LogP contribution is -2.00. The average molecular weight is 411 g/mol. The summed E-state index contributed by atoms with van der Waals surface area (Å²) in [5.41, 5.74) is 2.84. The molecule has 3 rings (SSSR count). The van der Waals surface area contributed by atoms with Crippen molar-refractivity contribution in [2.75, 3.05) is 5.32 Å². The number of aromatic nitrogens is 2. The second kappa shape index (κ2) is 8.28. The quantitative estimate of drug-likeness (QED) is 0.371. The third kappa shape index (κ3) is 5.02. The van der Waals surface area contributed by atoms with E-state index >= 15 is 0 Å². The fourth-order valence-corrected chi connectivity index (χ4v) is 3.42. The maximum Gasteiger partial charge on any atom is 0.189 e. The zero-order valence-corrected chi connectivity index (χ0v) is 16.3. The van der Waals surface area contributed by atoms with Gasteiger partial charge in [-0.2, -0.15) is 0 Å². The van der Waals surface area contributed by atoms with E-state index in [1.807, 2.05) is 37.3 Å². The average Bonchev–Trinajstić information content (AvgIpc) is 2.59. The predicted molar refractivity (Wildman–Crippen MR) is 108 cm³/mol. The number of halogens is 3. The van der Waals surface area contributed by atoms with Gasteiger partial charge in [0.05, 0.1) is 10.7 Å². The second-order valence-electron chi connectivity index (χ2n) is 5.35. The van der Waals surface area contributed by atoms with Crippen LogP contribution in [0.1, 0.15) is 11.1 Å². The van der Waals surface area contributed by atoms with Gasteiger partial charge in [-0.15, -0.1) is 0 Å². The van der Waals surface area contributed by atoms with Gasteiger partial charge in [0.1, 0.15) is 5.82 Å². The maximum absolute atomic E-state index is 6.22. The summed E-state index contributed by atoms with van der Waals surface area (Å²) in [6, 6.07) is 13.0. The summed E-state index contributed by atoms with van der Waals surface area (Å²) in [4.78, 5) is 8.97. The molecule has 1 heterocycles. The van der Waals surface area contributed by atoms with Crippen LogP contribution in [0.2, 0.25) is 15.1 Å². The molecule has 0 unspecified atom stereocenters. The number of nitrogens with one attached hydrogen (secondary N) is 1. The minimum atomic E-state index is 0.542. The van der Waals surface area contributed by atoms with Gasteiger partial charge < -0.3 is 5.32 Å². The van der Waals surface area contributed by atoms with E-state index in [2.05, 4.69) is 15.3 Å². The largest absolute Gasteiger partial charge is 0.339 e. The Morgan fingerprint density at radius 2 is 1.72 bits per heavy atom. The van der Waals surface area contributed by atoms with Crippen molar-refractivity contribution in [1.29, 1.82) is 0 Å². The standard InChI is InChI=1S/C18H14Cl3N3S/c1-11-9-22-18(25-10-12-2-4-13(19)5-3-12)24-17(11)23-16-7-6-14(20)8-15(16)21/h2-9H,10H2,1H3,(H,22,23,24). The van der Waals surface area contributed by atoms with Gasteiger partial charge in [0, 0.05) is 27.6 Å². The Hall–Kier alpha value is -1.46. The lowest BCUT2D eigenvalue weighted by atomic mass is 10.2. The van der Waals surface area contributed by atoms with Crippen LogP contribution in [0.15, 0.2) is 53.8 Å². The SMILES string of the molecule is Cc1cnc(SCc2ccc(Cl)cc2)nc1Nc1ccc(Cl)cc1Cl. The molecule has 0 aliphatic rings. The highest BCUT2D eigenvalue weighted by Crippen LogP contribution is 2.29. The molecular weight excluding hydrogens is 397 g/mol. The van der Waals surface area contributed by atoms with Crippen molar-refractivity contribution in [2.45, 2.75) is 17.8 Å². The van der Waals surface area contributed by atoms with E-state index in [1.54, 1.807) is 30.1 Å². The lowest BCUT2D eigenvalue weighted by molar-refractivity contribution is 0.955. The van der Waals surface area contributed by atoms with Crippen molar-refractivity contribution in [1.82, 2.24) is 9.97 Å². The maximum atomic E-state index is 6.22. The van der Waals surface area contributed by atoms with Crippen LogP contribution in [0.25, 0.3) is 0 Å². The molecule has 1 N–H and O–H groups in total. The molecular formula is C18H14Cl3N3S. The fourth-order valence-electron chi connectivity index (χ4n) is 2.07. The molecule has 25 heavy (non-hydrogen) atoms. The van der Waals surface area contributed by atoms with E-state index in [9.17, 15) is 0 Å². The minimum absolute atomic E-state index is 0.542. The monoisotopic (exact) mass is 409 g/mol. The molecule has 0 saturated carbocycles. The summed E-state index contributed by atoms with van der Waals surface area (Å²) in [7, 11) is 0. The van der Waals surface area contributed by atoms with Gasteiger partial charge in [-0.1, -0.05) is 58.7 Å². The van der Waals surface area contributed by atoms with Crippen LogP contribution in [0.4, 0.5) is 11.5 Å². The van der Waals surface area contributed by atoms with Crippen LogP contribution >= 0.6 is 46.6 Å². The number of thioether (sulfide) groups is 1. The number of hydrogen-bond acceptors (Lipinski definition) is 4. The van der Waals surface area contributed by atoms with E-state index < -0.39 is 0 Å². The van der Waals surface area contributed by atoms with E-state index in [1.165, 1.54) is 0 Å². The van der Waals surface area contributed by atoms with Gasteiger partial charge in [0.2, 0.25) is 0 Å². The molecule has 128 valence electrons. The Kier molecular flexibility index (Phi) is 6.07. The van der Waals surface area contributed by atoms with Crippen molar-refractivity contribution in [3.8, 4) is 0 Å². The zero-order valence-electron chi connectivity index (χ0n) is 13.3. The Balaban J connectivity index is 1.74. The van der Waals surface area contributed by atoms with E-state index in [-0.39, 0.29) is 0 Å². The molecule has 0 aliphatic carbocycles. The van der Waals surface area contributed by atoms with Gasteiger partial charge in [-0.3, -0.25) is 0 Å². The van der Waals surface area contributed by atoms with Crippen LogP contribution in [-0.4, -0.2) is 9.97 Å². The van der Waals surface area contributed by atoms with Crippen molar-refractivity contribution in [2.24, 2.45) is 0 Å². The Bertz CT molecular complexity index is 885. The number of rotatable bonds is 5. The summed E-state index contributed by atoms with van der Waals surface area (Å²) in [6.45, 7) is 1.94. The Labute approximate surface area is 165 Å². The summed E-state index contributed by atoms with van der Waals surface area (Å²) >= 11 is 19.6. The van der Waals surface area contributed by atoms with Crippen molar-refractivity contribution in [3.05, 3.63) is 74.9 Å². The van der Waals surface area contributed by atoms with Crippen molar-refractivity contribution >= 4 is 58.1 Å². The number of aryl methyl sites for hydroxylation is 1. The van der Waals surface area contributed by atoms with Crippen molar-refractivity contribution in [3.63, 3.8) is 0 Å². The Morgan fingerprint density at radius 3 is 2.44 bits per heavy atom. The highest BCUT2D eigenvalue weighted by molar-refractivity contribution is 7.98. The molecule has 3 aromatic rings. The molecule has 0 bridgehead atoms. The number of hydrogen-bond donors (Lipinski definition) is 1. The zero-order chi connectivity index (χ0) is 17.8. The molecule has 0 radical (unpaired) electrons. The van der Waals surface area contributed by atoms with Gasteiger partial charge in [0.25, 0.3) is 0 Å².